The second kappa shape index (κ2) is 8.41. The van der Waals surface area contributed by atoms with Gasteiger partial charge in [-0.2, -0.15) is 4.98 Å². The number of aromatic amines is 1. The summed E-state index contributed by atoms with van der Waals surface area (Å²) >= 11 is 12.6. The van der Waals surface area contributed by atoms with E-state index >= 15 is 0 Å². The number of ether oxygens (including phenoxy) is 1. The summed E-state index contributed by atoms with van der Waals surface area (Å²) in [5.74, 6) is 0.309. The Morgan fingerprint density at radius 3 is 2.90 bits per heavy atom. The fourth-order valence-corrected chi connectivity index (χ4v) is 4.17. The number of hydrogen-bond acceptors (Lipinski definition) is 5. The van der Waals surface area contributed by atoms with Gasteiger partial charge in [-0.15, -0.1) is 0 Å². The predicted octanol–water partition coefficient (Wildman–Crippen LogP) is 3.96. The average Bonchev–Trinajstić information content (AvgIpc) is 3.11. The molecule has 158 valence electrons. The zero-order valence-corrected chi connectivity index (χ0v) is 18.6. The highest BCUT2D eigenvalue weighted by atomic mass is 35.5. The number of aromatic nitrogens is 3. The fraction of sp³-hybridized carbons (Fsp3) is 0.381. The normalized spacial score (nSPS) is 16.2. The van der Waals surface area contributed by atoms with Gasteiger partial charge in [-0.3, -0.25) is 4.79 Å². The minimum Gasteiger partial charge on any atom is -0.476 e. The molecule has 0 saturated heterocycles. The molecule has 7 nitrogen and oxygen atoms in total. The summed E-state index contributed by atoms with van der Waals surface area (Å²) < 4.78 is 5.65. The third-order valence-electron chi connectivity index (χ3n) is 5.34. The van der Waals surface area contributed by atoms with Crippen molar-refractivity contribution in [3.05, 3.63) is 51.5 Å². The van der Waals surface area contributed by atoms with E-state index in [1.165, 1.54) is 0 Å². The van der Waals surface area contributed by atoms with Gasteiger partial charge in [-0.1, -0.05) is 29.3 Å². The third kappa shape index (κ3) is 3.85. The van der Waals surface area contributed by atoms with E-state index in [1.807, 2.05) is 32.0 Å². The quantitative estimate of drug-likeness (QED) is 0.640. The summed E-state index contributed by atoms with van der Waals surface area (Å²) in [5, 5.41) is 1.98. The number of nitrogens with zero attached hydrogens (tertiary/aromatic N) is 4. The van der Waals surface area contributed by atoms with Crippen LogP contribution < -0.4 is 4.74 Å². The molecular weight excluding hydrogens is 425 g/mol. The highest BCUT2D eigenvalue weighted by molar-refractivity contribution is 6.45. The molecule has 30 heavy (non-hydrogen) atoms. The van der Waals surface area contributed by atoms with Crippen molar-refractivity contribution in [1.29, 1.82) is 0 Å². The summed E-state index contributed by atoms with van der Waals surface area (Å²) in [4.78, 5) is 28.9. The number of rotatable bonds is 5. The molecule has 0 aliphatic carbocycles. The van der Waals surface area contributed by atoms with Crippen molar-refractivity contribution in [3.63, 3.8) is 0 Å². The van der Waals surface area contributed by atoms with Gasteiger partial charge in [0.1, 0.15) is 6.61 Å². The van der Waals surface area contributed by atoms with Crippen molar-refractivity contribution in [1.82, 2.24) is 24.8 Å². The van der Waals surface area contributed by atoms with Crippen LogP contribution in [-0.2, 0) is 6.42 Å². The van der Waals surface area contributed by atoms with Gasteiger partial charge in [0.15, 0.2) is 0 Å². The van der Waals surface area contributed by atoms with E-state index in [2.05, 4.69) is 15.0 Å². The molecule has 1 aliphatic rings. The van der Waals surface area contributed by atoms with Gasteiger partial charge in [0.25, 0.3) is 5.91 Å². The van der Waals surface area contributed by atoms with Crippen molar-refractivity contribution in [2.24, 2.45) is 0 Å². The van der Waals surface area contributed by atoms with Gasteiger partial charge in [-0.05, 0) is 27.1 Å². The summed E-state index contributed by atoms with van der Waals surface area (Å²) in [6, 6.07) is 5.23. The summed E-state index contributed by atoms with van der Waals surface area (Å²) in [6.07, 6.45) is 2.24. The first-order valence-electron chi connectivity index (χ1n) is 9.76. The van der Waals surface area contributed by atoms with Crippen molar-refractivity contribution in [2.45, 2.75) is 19.4 Å². The minimum absolute atomic E-state index is 0.133. The van der Waals surface area contributed by atoms with Gasteiger partial charge < -0.3 is 19.5 Å². The van der Waals surface area contributed by atoms with Gasteiger partial charge in [0, 0.05) is 48.4 Å². The number of fused-ring (bicyclic) bond motifs is 3. The number of benzene rings is 1. The summed E-state index contributed by atoms with van der Waals surface area (Å²) in [7, 11) is 3.94. The Labute approximate surface area is 184 Å². The molecule has 0 fully saturated rings. The molecule has 4 rings (SSSR count). The lowest BCUT2D eigenvalue weighted by Crippen LogP contribution is -2.39. The average molecular weight is 448 g/mol. The number of amides is 1. The van der Waals surface area contributed by atoms with E-state index in [0.717, 1.165) is 28.7 Å². The van der Waals surface area contributed by atoms with Crippen molar-refractivity contribution < 1.29 is 9.53 Å². The second-order valence-corrected chi connectivity index (χ2v) is 8.38. The van der Waals surface area contributed by atoms with Crippen LogP contribution in [0.3, 0.4) is 0 Å². The van der Waals surface area contributed by atoms with Crippen molar-refractivity contribution in [2.75, 3.05) is 33.8 Å². The molecule has 2 aromatic heterocycles. The Hall–Kier alpha value is -2.35. The van der Waals surface area contributed by atoms with E-state index in [9.17, 15) is 4.79 Å². The smallest absolute Gasteiger partial charge is 0.292 e. The van der Waals surface area contributed by atoms with E-state index in [1.54, 1.807) is 23.2 Å². The maximum Gasteiger partial charge on any atom is 0.292 e. The third-order valence-corrected chi connectivity index (χ3v) is 6.15. The number of likely N-dealkylation sites (N-methyl/N-ethyl adjacent to an activating group) is 1. The molecule has 1 N–H and O–H groups in total. The zero-order valence-electron chi connectivity index (χ0n) is 17.1. The fourth-order valence-electron chi connectivity index (χ4n) is 3.80. The molecule has 3 heterocycles. The first kappa shape index (κ1) is 20.9. The van der Waals surface area contributed by atoms with Crippen LogP contribution in [0.4, 0.5) is 0 Å². The largest absolute Gasteiger partial charge is 0.476 e. The molecule has 0 bridgehead atoms. The van der Waals surface area contributed by atoms with E-state index in [0.29, 0.717) is 35.5 Å². The zero-order chi connectivity index (χ0) is 21.4. The Morgan fingerprint density at radius 1 is 1.33 bits per heavy atom. The maximum absolute atomic E-state index is 13.2. The highest BCUT2D eigenvalue weighted by Crippen LogP contribution is 2.40. The Morgan fingerprint density at radius 2 is 2.13 bits per heavy atom. The molecule has 0 saturated carbocycles. The van der Waals surface area contributed by atoms with Crippen LogP contribution in [0, 0.1) is 0 Å². The SMILES string of the molecule is CC1c2c([nH]c3c(Cl)c(Cl)ccc23)CCN1C(=O)c1nccc(OCCN(C)C)n1. The van der Waals surface area contributed by atoms with Gasteiger partial charge in [-0.25, -0.2) is 4.98 Å². The molecule has 1 unspecified atom stereocenters. The summed E-state index contributed by atoms with van der Waals surface area (Å²) in [6.45, 7) is 3.80. The lowest BCUT2D eigenvalue weighted by molar-refractivity contribution is 0.0664. The van der Waals surface area contributed by atoms with Crippen LogP contribution in [0.2, 0.25) is 10.0 Å². The Kier molecular flexibility index (Phi) is 5.86. The number of hydrogen-bond donors (Lipinski definition) is 1. The van der Waals surface area contributed by atoms with Crippen LogP contribution in [0.25, 0.3) is 10.9 Å². The van der Waals surface area contributed by atoms with E-state index in [-0.39, 0.29) is 17.8 Å². The second-order valence-electron chi connectivity index (χ2n) is 7.60. The lowest BCUT2D eigenvalue weighted by atomic mass is 9.97. The standard InChI is InChI=1S/C21H23Cl2N5O2/c1-12-17-13-4-5-14(22)18(23)19(13)25-15(17)7-9-28(12)21(29)20-24-8-6-16(26-20)30-11-10-27(2)3/h4-6,8,12,25H,7,9-11H2,1-3H3. The first-order chi connectivity index (χ1) is 14.4. The number of H-pyrrole nitrogens is 1. The monoisotopic (exact) mass is 447 g/mol. The molecule has 0 radical (unpaired) electrons. The topological polar surface area (TPSA) is 74.3 Å². The Bertz CT molecular complexity index is 1100. The number of carbonyl (C=O) groups is 1. The molecular formula is C21H23Cl2N5O2. The van der Waals surface area contributed by atoms with Crippen LogP contribution in [0.1, 0.15) is 34.8 Å². The number of halogens is 2. The van der Waals surface area contributed by atoms with Crippen molar-refractivity contribution >= 4 is 40.0 Å². The summed E-state index contributed by atoms with van der Waals surface area (Å²) in [5.41, 5.74) is 2.94. The molecule has 3 aromatic rings. The van der Waals surface area contributed by atoms with Crippen LogP contribution >= 0.6 is 23.2 Å². The van der Waals surface area contributed by atoms with E-state index < -0.39 is 0 Å². The minimum atomic E-state index is -0.222. The lowest BCUT2D eigenvalue weighted by Gasteiger charge is -2.33. The predicted molar refractivity (Wildman–Crippen MR) is 118 cm³/mol. The molecule has 1 atom stereocenters. The van der Waals surface area contributed by atoms with Crippen LogP contribution in [-0.4, -0.2) is 64.5 Å². The molecule has 0 spiro atoms. The van der Waals surface area contributed by atoms with Gasteiger partial charge in [0.05, 0.1) is 21.6 Å². The maximum atomic E-state index is 13.2. The molecule has 1 aliphatic heterocycles. The molecule has 9 heteroatoms. The van der Waals surface area contributed by atoms with Crippen molar-refractivity contribution in [3.8, 4) is 5.88 Å². The Balaban J connectivity index is 1.59. The highest BCUT2D eigenvalue weighted by Gasteiger charge is 2.33. The number of nitrogens with one attached hydrogen (secondary N) is 1. The van der Waals surface area contributed by atoms with Crippen LogP contribution in [0.15, 0.2) is 24.4 Å². The number of carbonyl (C=O) groups excluding carboxylic acids is 1. The molecule has 1 amide bonds. The first-order valence-corrected chi connectivity index (χ1v) is 10.5. The van der Waals surface area contributed by atoms with E-state index in [4.69, 9.17) is 27.9 Å². The van der Waals surface area contributed by atoms with Crippen LogP contribution in [0.5, 0.6) is 5.88 Å². The van der Waals surface area contributed by atoms with Gasteiger partial charge in [0.2, 0.25) is 11.7 Å². The van der Waals surface area contributed by atoms with Gasteiger partial charge >= 0.3 is 0 Å². The molecule has 1 aromatic carbocycles.